The third-order valence-corrected chi connectivity index (χ3v) is 3.14. The van der Waals surface area contributed by atoms with Gasteiger partial charge in [-0.3, -0.25) is 0 Å². The van der Waals surface area contributed by atoms with Gasteiger partial charge in [-0.25, -0.2) is 4.98 Å². The smallest absolute Gasteiger partial charge is 0.123 e. The van der Waals surface area contributed by atoms with E-state index in [9.17, 15) is 0 Å². The van der Waals surface area contributed by atoms with Crippen LogP contribution in [0.25, 0.3) is 10.6 Å². The maximum Gasteiger partial charge on any atom is 0.123 e. The quantitative estimate of drug-likeness (QED) is 0.826. The van der Waals surface area contributed by atoms with Gasteiger partial charge in [0.2, 0.25) is 0 Å². The van der Waals surface area contributed by atoms with Crippen LogP contribution >= 0.6 is 11.3 Å². The molecule has 0 unspecified atom stereocenters. The second-order valence-electron chi connectivity index (χ2n) is 3.25. The van der Waals surface area contributed by atoms with Crippen LogP contribution in [0.2, 0.25) is 0 Å². The zero-order chi connectivity index (χ0) is 10.7. The third-order valence-electron chi connectivity index (χ3n) is 2.20. The summed E-state index contributed by atoms with van der Waals surface area (Å²) in [6, 6.07) is 8.14. The number of thiazole rings is 1. The molecule has 0 fully saturated rings. The summed E-state index contributed by atoms with van der Waals surface area (Å²) in [5, 5.41) is 3.01. The van der Waals surface area contributed by atoms with E-state index in [-0.39, 0.29) is 0 Å². The van der Waals surface area contributed by atoms with Crippen molar-refractivity contribution in [1.82, 2.24) is 4.98 Å². The molecule has 0 atom stereocenters. The highest BCUT2D eigenvalue weighted by molar-refractivity contribution is 7.13. The summed E-state index contributed by atoms with van der Waals surface area (Å²) < 4.78 is 0. The summed E-state index contributed by atoms with van der Waals surface area (Å²) in [7, 11) is 0. The van der Waals surface area contributed by atoms with Crippen LogP contribution < -0.4 is 11.5 Å². The number of nitrogens with zero attached hydrogens (tertiary/aromatic N) is 1. The van der Waals surface area contributed by atoms with Crippen LogP contribution in [0.4, 0.5) is 0 Å². The molecule has 1 heterocycles. The highest BCUT2D eigenvalue weighted by Crippen LogP contribution is 2.23. The molecule has 0 bridgehead atoms. The molecule has 2 rings (SSSR count). The van der Waals surface area contributed by atoms with Crippen molar-refractivity contribution in [2.75, 3.05) is 0 Å². The predicted molar refractivity (Wildman–Crippen MR) is 63.3 cm³/mol. The first-order chi connectivity index (χ1) is 7.33. The maximum atomic E-state index is 5.53. The third kappa shape index (κ3) is 2.23. The molecule has 4 heteroatoms. The lowest BCUT2D eigenvalue weighted by Gasteiger charge is -1.98. The number of nitrogens with two attached hydrogens (primary N) is 2. The van der Waals surface area contributed by atoms with E-state index in [1.54, 1.807) is 11.3 Å². The monoisotopic (exact) mass is 219 g/mol. The molecule has 4 N–H and O–H groups in total. The van der Waals surface area contributed by atoms with Crippen LogP contribution in [0.5, 0.6) is 0 Å². The summed E-state index contributed by atoms with van der Waals surface area (Å²) in [5.41, 5.74) is 14.2. The largest absolute Gasteiger partial charge is 0.326 e. The van der Waals surface area contributed by atoms with Crippen LogP contribution in [-0.4, -0.2) is 4.98 Å². The van der Waals surface area contributed by atoms with E-state index in [4.69, 9.17) is 11.5 Å². The summed E-state index contributed by atoms with van der Waals surface area (Å²) in [4.78, 5) is 4.42. The van der Waals surface area contributed by atoms with Crippen LogP contribution in [0.1, 0.15) is 11.3 Å². The molecule has 3 nitrogen and oxygen atoms in total. The first kappa shape index (κ1) is 10.3. The molecule has 0 spiro atoms. The Morgan fingerprint density at radius 1 is 1.07 bits per heavy atom. The molecule has 0 amide bonds. The fraction of sp³-hybridized carbons (Fsp3) is 0.182. The first-order valence-electron chi connectivity index (χ1n) is 4.77. The number of benzene rings is 1. The number of hydrogen-bond donors (Lipinski definition) is 2. The van der Waals surface area contributed by atoms with Gasteiger partial charge in [-0.2, -0.15) is 0 Å². The van der Waals surface area contributed by atoms with Gasteiger partial charge < -0.3 is 11.5 Å². The molecular formula is C11H13N3S. The molecule has 78 valence electrons. The van der Waals surface area contributed by atoms with Crippen molar-refractivity contribution in [3.8, 4) is 10.6 Å². The Morgan fingerprint density at radius 2 is 1.80 bits per heavy atom. The zero-order valence-corrected chi connectivity index (χ0v) is 9.13. The molecule has 0 saturated carbocycles. The normalized spacial score (nSPS) is 10.5. The van der Waals surface area contributed by atoms with Gasteiger partial charge in [0.05, 0.1) is 5.69 Å². The second-order valence-corrected chi connectivity index (χ2v) is 4.11. The number of aromatic nitrogens is 1. The topological polar surface area (TPSA) is 64.9 Å². The summed E-state index contributed by atoms with van der Waals surface area (Å²) in [5.74, 6) is 0. The van der Waals surface area contributed by atoms with Crippen LogP contribution in [0.15, 0.2) is 29.6 Å². The van der Waals surface area contributed by atoms with Crippen LogP contribution in [0, 0.1) is 0 Å². The van der Waals surface area contributed by atoms with E-state index < -0.39 is 0 Å². The maximum absolute atomic E-state index is 5.53. The van der Waals surface area contributed by atoms with Gasteiger partial charge >= 0.3 is 0 Å². The van der Waals surface area contributed by atoms with Gasteiger partial charge in [0.15, 0.2) is 0 Å². The van der Waals surface area contributed by atoms with Crippen molar-refractivity contribution in [3.63, 3.8) is 0 Å². The van der Waals surface area contributed by atoms with E-state index in [1.807, 2.05) is 29.6 Å². The average molecular weight is 219 g/mol. The van der Waals surface area contributed by atoms with Crippen LogP contribution in [0.3, 0.4) is 0 Å². The van der Waals surface area contributed by atoms with Crippen molar-refractivity contribution < 1.29 is 0 Å². The Bertz CT molecular complexity index is 433. The highest BCUT2D eigenvalue weighted by Gasteiger charge is 2.03. The van der Waals surface area contributed by atoms with E-state index in [1.165, 1.54) is 0 Å². The highest BCUT2D eigenvalue weighted by atomic mass is 32.1. The lowest BCUT2D eigenvalue weighted by atomic mass is 10.1. The Kier molecular flexibility index (Phi) is 3.11. The van der Waals surface area contributed by atoms with Crippen LogP contribution in [-0.2, 0) is 13.1 Å². The molecule has 15 heavy (non-hydrogen) atoms. The number of rotatable bonds is 3. The lowest BCUT2D eigenvalue weighted by Crippen LogP contribution is -1.96. The van der Waals surface area contributed by atoms with E-state index in [2.05, 4.69) is 4.98 Å². The van der Waals surface area contributed by atoms with Gasteiger partial charge in [0.25, 0.3) is 0 Å². The minimum atomic E-state index is 0.497. The Hall–Kier alpha value is -1.23. The first-order valence-corrected chi connectivity index (χ1v) is 5.65. The number of hydrogen-bond acceptors (Lipinski definition) is 4. The minimum Gasteiger partial charge on any atom is -0.326 e. The summed E-state index contributed by atoms with van der Waals surface area (Å²) >= 11 is 1.62. The van der Waals surface area contributed by atoms with E-state index in [0.717, 1.165) is 21.8 Å². The SMILES string of the molecule is NCc1ccc(-c2nc(CN)cs2)cc1. The molecule has 1 aromatic carbocycles. The van der Waals surface area contributed by atoms with E-state index in [0.29, 0.717) is 13.1 Å². The Balaban J connectivity index is 2.28. The lowest BCUT2D eigenvalue weighted by molar-refractivity contribution is 1.01. The molecule has 2 aromatic rings. The molecule has 1 aromatic heterocycles. The van der Waals surface area contributed by atoms with Crippen molar-refractivity contribution in [3.05, 3.63) is 40.9 Å². The molecule has 0 aliphatic heterocycles. The average Bonchev–Trinajstić information content (AvgIpc) is 2.78. The van der Waals surface area contributed by atoms with Crippen molar-refractivity contribution >= 4 is 11.3 Å². The Labute approximate surface area is 92.8 Å². The molecule has 0 aliphatic rings. The van der Waals surface area contributed by atoms with Gasteiger partial charge in [-0.15, -0.1) is 11.3 Å². The Morgan fingerprint density at radius 3 is 2.33 bits per heavy atom. The molecule has 0 saturated heterocycles. The standard InChI is InChI=1S/C11H13N3S/c12-5-8-1-3-9(4-2-8)11-14-10(6-13)7-15-11/h1-4,7H,5-6,12-13H2. The summed E-state index contributed by atoms with van der Waals surface area (Å²) in [6.07, 6.45) is 0. The van der Waals surface area contributed by atoms with E-state index >= 15 is 0 Å². The fourth-order valence-corrected chi connectivity index (χ4v) is 2.16. The minimum absolute atomic E-state index is 0.497. The second kappa shape index (κ2) is 4.53. The molecule has 0 aliphatic carbocycles. The fourth-order valence-electron chi connectivity index (χ4n) is 1.32. The van der Waals surface area contributed by atoms with Crippen molar-refractivity contribution in [2.24, 2.45) is 11.5 Å². The van der Waals surface area contributed by atoms with Crippen molar-refractivity contribution in [1.29, 1.82) is 0 Å². The van der Waals surface area contributed by atoms with Crippen molar-refractivity contribution in [2.45, 2.75) is 13.1 Å². The van der Waals surface area contributed by atoms with Gasteiger partial charge in [0.1, 0.15) is 5.01 Å². The predicted octanol–water partition coefficient (Wildman–Crippen LogP) is 1.73. The van der Waals surface area contributed by atoms with Gasteiger partial charge in [0, 0.05) is 24.0 Å². The van der Waals surface area contributed by atoms with Gasteiger partial charge in [-0.05, 0) is 5.56 Å². The van der Waals surface area contributed by atoms with Gasteiger partial charge in [-0.1, -0.05) is 24.3 Å². The molecule has 0 radical (unpaired) electrons. The zero-order valence-electron chi connectivity index (χ0n) is 8.31. The molecular weight excluding hydrogens is 206 g/mol. The summed E-state index contributed by atoms with van der Waals surface area (Å²) in [6.45, 7) is 1.07.